The van der Waals surface area contributed by atoms with E-state index in [-0.39, 0.29) is 36.0 Å². The molecule has 3 aliphatic rings. The van der Waals surface area contributed by atoms with E-state index in [0.717, 1.165) is 12.8 Å². The van der Waals surface area contributed by atoms with Crippen molar-refractivity contribution in [3.8, 4) is 0 Å². The van der Waals surface area contributed by atoms with Gasteiger partial charge >= 0.3 is 6.18 Å². The smallest absolute Gasteiger partial charge is 0.370 e. The lowest BCUT2D eigenvalue weighted by Crippen LogP contribution is -2.42. The van der Waals surface area contributed by atoms with Gasteiger partial charge in [-0.15, -0.1) is 0 Å². The van der Waals surface area contributed by atoms with E-state index < -0.39 is 12.6 Å². The molecule has 0 unspecified atom stereocenters. The second-order valence-electron chi connectivity index (χ2n) is 8.13. The van der Waals surface area contributed by atoms with E-state index in [1.54, 1.807) is 24.9 Å². The number of imidazole rings is 1. The monoisotopic (exact) mass is 386 g/mol. The second-order valence-corrected chi connectivity index (χ2v) is 8.13. The molecule has 4 heterocycles. The van der Waals surface area contributed by atoms with E-state index in [2.05, 4.69) is 10.3 Å². The molecule has 2 bridgehead atoms. The Kier molecular flexibility index (Phi) is 4.50. The van der Waals surface area contributed by atoms with Gasteiger partial charge in [-0.3, -0.25) is 9.69 Å². The summed E-state index contributed by atoms with van der Waals surface area (Å²) in [5.74, 6) is 0.154. The summed E-state index contributed by atoms with van der Waals surface area (Å²) in [6, 6.07) is 0. The number of amides is 1. The Morgan fingerprint density at radius 2 is 2.26 bits per heavy atom. The van der Waals surface area contributed by atoms with Crippen LogP contribution in [0.1, 0.15) is 35.4 Å². The SMILES string of the molecule is Cc1ncn(C)c1C(=O)NC[C@H]1[C@H]2CN(CCC(F)(F)F)C[C@]23CC[C@H]1O3. The number of fused-ring (bicyclic) bond motifs is 1. The van der Waals surface area contributed by atoms with Gasteiger partial charge in [-0.1, -0.05) is 0 Å². The molecule has 9 heteroatoms. The number of likely N-dealkylation sites (tertiary alicyclic amines) is 1. The van der Waals surface area contributed by atoms with Crippen LogP contribution in [0.5, 0.6) is 0 Å². The van der Waals surface area contributed by atoms with Crippen LogP contribution in [0.3, 0.4) is 0 Å². The molecule has 3 aliphatic heterocycles. The summed E-state index contributed by atoms with van der Waals surface area (Å²) >= 11 is 0. The minimum absolute atomic E-state index is 0.0169. The largest absolute Gasteiger partial charge is 0.390 e. The second kappa shape index (κ2) is 6.48. The minimum atomic E-state index is -4.14. The fourth-order valence-electron chi connectivity index (χ4n) is 5.18. The third-order valence-corrected chi connectivity index (χ3v) is 6.40. The van der Waals surface area contributed by atoms with Crippen molar-refractivity contribution in [3.63, 3.8) is 0 Å². The van der Waals surface area contributed by atoms with Crippen molar-refractivity contribution in [2.45, 2.75) is 44.1 Å². The van der Waals surface area contributed by atoms with Gasteiger partial charge in [0.25, 0.3) is 5.91 Å². The molecule has 1 aromatic heterocycles. The summed E-state index contributed by atoms with van der Waals surface area (Å²) in [7, 11) is 1.78. The molecule has 27 heavy (non-hydrogen) atoms. The number of nitrogens with zero attached hydrogens (tertiary/aromatic N) is 3. The number of hydrogen-bond donors (Lipinski definition) is 1. The van der Waals surface area contributed by atoms with Gasteiger partial charge in [-0.25, -0.2) is 4.98 Å². The highest BCUT2D eigenvalue weighted by molar-refractivity contribution is 5.93. The van der Waals surface area contributed by atoms with Crippen LogP contribution >= 0.6 is 0 Å². The molecule has 1 aromatic rings. The number of aryl methyl sites for hydroxylation is 2. The average Bonchev–Trinajstić information content (AvgIpc) is 3.30. The Morgan fingerprint density at radius 1 is 1.48 bits per heavy atom. The highest BCUT2D eigenvalue weighted by Crippen LogP contribution is 2.54. The van der Waals surface area contributed by atoms with Crippen LogP contribution in [0.2, 0.25) is 0 Å². The lowest BCUT2D eigenvalue weighted by atomic mass is 9.73. The molecule has 1 spiro atoms. The number of halogens is 3. The third kappa shape index (κ3) is 3.35. The number of carbonyl (C=O) groups is 1. The summed E-state index contributed by atoms with van der Waals surface area (Å²) in [5.41, 5.74) is 0.885. The molecular weight excluding hydrogens is 361 g/mol. The first-order valence-electron chi connectivity index (χ1n) is 9.41. The predicted octanol–water partition coefficient (Wildman–Crippen LogP) is 1.89. The minimum Gasteiger partial charge on any atom is -0.370 e. The first-order chi connectivity index (χ1) is 12.7. The van der Waals surface area contributed by atoms with E-state index >= 15 is 0 Å². The van der Waals surface area contributed by atoms with Crippen molar-refractivity contribution >= 4 is 5.91 Å². The Bertz CT molecular complexity index is 715. The van der Waals surface area contributed by atoms with Gasteiger partial charge in [0.1, 0.15) is 5.69 Å². The van der Waals surface area contributed by atoms with E-state index in [0.29, 0.717) is 31.0 Å². The molecule has 150 valence electrons. The van der Waals surface area contributed by atoms with Gasteiger partial charge in [0.2, 0.25) is 0 Å². The quantitative estimate of drug-likeness (QED) is 0.840. The Hall–Kier alpha value is -1.61. The molecule has 0 saturated carbocycles. The summed E-state index contributed by atoms with van der Waals surface area (Å²) in [5, 5.41) is 3.00. The summed E-state index contributed by atoms with van der Waals surface area (Å²) in [6.45, 7) is 3.46. The highest BCUT2D eigenvalue weighted by atomic mass is 19.4. The van der Waals surface area contributed by atoms with Crippen LogP contribution in [-0.2, 0) is 11.8 Å². The van der Waals surface area contributed by atoms with Crippen LogP contribution in [0.15, 0.2) is 6.33 Å². The van der Waals surface area contributed by atoms with Crippen molar-refractivity contribution in [1.82, 2.24) is 19.8 Å². The number of hydrogen-bond acceptors (Lipinski definition) is 4. The molecular formula is C18H25F3N4O2. The number of alkyl halides is 3. The number of carbonyl (C=O) groups excluding carboxylic acids is 1. The van der Waals surface area contributed by atoms with Crippen LogP contribution in [0.4, 0.5) is 13.2 Å². The van der Waals surface area contributed by atoms with Crippen molar-refractivity contribution in [2.24, 2.45) is 18.9 Å². The fourth-order valence-corrected chi connectivity index (χ4v) is 5.18. The number of nitrogens with one attached hydrogen (secondary N) is 1. The first-order valence-corrected chi connectivity index (χ1v) is 9.41. The number of rotatable bonds is 5. The molecule has 3 fully saturated rings. The molecule has 1 amide bonds. The lowest BCUT2D eigenvalue weighted by molar-refractivity contribution is -0.138. The van der Waals surface area contributed by atoms with Crippen molar-refractivity contribution in [1.29, 1.82) is 0 Å². The Balaban J connectivity index is 1.39. The number of ether oxygens (including phenoxy) is 1. The topological polar surface area (TPSA) is 59.4 Å². The van der Waals surface area contributed by atoms with E-state index in [4.69, 9.17) is 4.74 Å². The maximum absolute atomic E-state index is 12.6. The van der Waals surface area contributed by atoms with Gasteiger partial charge < -0.3 is 14.6 Å². The molecule has 0 aromatic carbocycles. The molecule has 4 rings (SSSR count). The summed E-state index contributed by atoms with van der Waals surface area (Å²) in [6.07, 6.45) is -1.42. The zero-order valence-electron chi connectivity index (χ0n) is 15.6. The van der Waals surface area contributed by atoms with Crippen LogP contribution in [-0.4, -0.2) is 64.4 Å². The van der Waals surface area contributed by atoms with Crippen molar-refractivity contribution in [3.05, 3.63) is 17.7 Å². The molecule has 3 saturated heterocycles. The van der Waals surface area contributed by atoms with E-state index in [1.165, 1.54) is 0 Å². The van der Waals surface area contributed by atoms with Gasteiger partial charge in [0.05, 0.1) is 30.1 Å². The Labute approximate surface area is 156 Å². The van der Waals surface area contributed by atoms with Crippen LogP contribution in [0.25, 0.3) is 0 Å². The zero-order valence-corrected chi connectivity index (χ0v) is 15.6. The third-order valence-electron chi connectivity index (χ3n) is 6.40. The van der Waals surface area contributed by atoms with Crippen molar-refractivity contribution < 1.29 is 22.7 Å². The molecule has 0 radical (unpaired) electrons. The summed E-state index contributed by atoms with van der Waals surface area (Å²) < 4.78 is 45.6. The lowest BCUT2D eigenvalue weighted by Gasteiger charge is -2.29. The average molecular weight is 386 g/mol. The summed E-state index contributed by atoms with van der Waals surface area (Å²) in [4.78, 5) is 18.5. The van der Waals surface area contributed by atoms with Gasteiger partial charge in [-0.05, 0) is 19.8 Å². The van der Waals surface area contributed by atoms with E-state index in [1.807, 2.05) is 4.90 Å². The van der Waals surface area contributed by atoms with E-state index in [9.17, 15) is 18.0 Å². The van der Waals surface area contributed by atoms with Gasteiger partial charge in [0, 0.05) is 45.1 Å². The normalized spacial score (nSPS) is 32.9. The Morgan fingerprint density at radius 3 is 2.93 bits per heavy atom. The standard InChI is InChI=1S/C18H25F3N4O2/c1-11-15(24(2)10-23-11)16(26)22-7-12-13-8-25(6-5-18(19,20)21)9-17(13)4-3-14(12)27-17/h10,12-14H,3-9H2,1-2H3,(H,22,26)/t12-,13+,14+,17+/m0/s1. The fraction of sp³-hybridized carbons (Fsp3) is 0.778. The first kappa shape index (κ1) is 18.7. The van der Waals surface area contributed by atoms with Crippen molar-refractivity contribution in [2.75, 3.05) is 26.2 Å². The van der Waals surface area contributed by atoms with Crippen LogP contribution < -0.4 is 5.32 Å². The zero-order chi connectivity index (χ0) is 19.4. The molecule has 6 nitrogen and oxygen atoms in total. The predicted molar refractivity (Wildman–Crippen MR) is 91.2 cm³/mol. The highest BCUT2D eigenvalue weighted by Gasteiger charge is 2.62. The maximum atomic E-state index is 12.6. The number of aromatic nitrogens is 2. The molecule has 1 N–H and O–H groups in total. The molecule has 4 atom stereocenters. The molecule has 0 aliphatic carbocycles. The van der Waals surface area contributed by atoms with Crippen LogP contribution in [0, 0.1) is 18.8 Å². The maximum Gasteiger partial charge on any atom is 0.390 e. The van der Waals surface area contributed by atoms with Gasteiger partial charge in [-0.2, -0.15) is 13.2 Å². The van der Waals surface area contributed by atoms with Gasteiger partial charge in [0.15, 0.2) is 0 Å².